The van der Waals surface area contributed by atoms with Crippen molar-refractivity contribution in [3.8, 4) is 5.75 Å². The average Bonchev–Trinajstić information content (AvgIpc) is 2.46. The van der Waals surface area contributed by atoms with Gasteiger partial charge < -0.3 is 15.5 Å². The monoisotopic (exact) mass is 281 g/mol. The Labute approximate surface area is 117 Å². The van der Waals surface area contributed by atoms with Crippen LogP contribution in [0.25, 0.3) is 0 Å². The van der Waals surface area contributed by atoms with Crippen LogP contribution in [0.15, 0.2) is 18.2 Å². The van der Waals surface area contributed by atoms with Crippen molar-refractivity contribution in [2.24, 2.45) is 5.41 Å². The number of phenols is 1. The predicted molar refractivity (Wildman–Crippen MR) is 73.0 cm³/mol. The SMILES string of the molecule is O=C(NCC1(CO)CCCCC1)c1ccc(O)cc1F. The highest BCUT2D eigenvalue weighted by molar-refractivity contribution is 5.94. The van der Waals surface area contributed by atoms with Crippen LogP contribution in [0.4, 0.5) is 4.39 Å². The fraction of sp³-hybridized carbons (Fsp3) is 0.533. The number of carbonyl (C=O) groups excluding carboxylic acids is 1. The van der Waals surface area contributed by atoms with Crippen molar-refractivity contribution >= 4 is 5.91 Å². The van der Waals surface area contributed by atoms with Crippen LogP contribution >= 0.6 is 0 Å². The summed E-state index contributed by atoms with van der Waals surface area (Å²) in [6.07, 6.45) is 5.00. The average molecular weight is 281 g/mol. The first-order valence-electron chi connectivity index (χ1n) is 6.94. The topological polar surface area (TPSA) is 69.6 Å². The van der Waals surface area contributed by atoms with Gasteiger partial charge >= 0.3 is 0 Å². The number of nitrogens with one attached hydrogen (secondary N) is 1. The first kappa shape index (κ1) is 14.8. The second-order valence-electron chi connectivity index (χ2n) is 5.57. The second-order valence-corrected chi connectivity index (χ2v) is 5.57. The number of amides is 1. The summed E-state index contributed by atoms with van der Waals surface area (Å²) < 4.78 is 13.6. The van der Waals surface area contributed by atoms with Crippen molar-refractivity contribution in [2.45, 2.75) is 32.1 Å². The summed E-state index contributed by atoms with van der Waals surface area (Å²) >= 11 is 0. The number of rotatable bonds is 4. The molecule has 0 heterocycles. The smallest absolute Gasteiger partial charge is 0.254 e. The Bertz CT molecular complexity index is 484. The lowest BCUT2D eigenvalue weighted by Crippen LogP contribution is -2.41. The van der Waals surface area contributed by atoms with Crippen LogP contribution in [0, 0.1) is 11.2 Å². The molecule has 110 valence electrons. The minimum atomic E-state index is -0.746. The quantitative estimate of drug-likeness (QED) is 0.792. The van der Waals surface area contributed by atoms with Crippen LogP contribution in [0.2, 0.25) is 0 Å². The highest BCUT2D eigenvalue weighted by atomic mass is 19.1. The Morgan fingerprint density at radius 1 is 1.30 bits per heavy atom. The van der Waals surface area contributed by atoms with E-state index in [2.05, 4.69) is 5.32 Å². The molecule has 2 rings (SSSR count). The largest absolute Gasteiger partial charge is 0.508 e. The van der Waals surface area contributed by atoms with Gasteiger partial charge in [0.1, 0.15) is 11.6 Å². The number of phenolic OH excluding ortho intramolecular Hbond substituents is 1. The van der Waals surface area contributed by atoms with Gasteiger partial charge in [-0.15, -0.1) is 0 Å². The Hall–Kier alpha value is -1.62. The van der Waals surface area contributed by atoms with Gasteiger partial charge in [0.2, 0.25) is 0 Å². The predicted octanol–water partition coefficient (Wildman–Crippen LogP) is 2.20. The molecular formula is C15H20FNO3. The number of aromatic hydroxyl groups is 1. The number of hydrogen-bond acceptors (Lipinski definition) is 3. The molecule has 0 radical (unpaired) electrons. The molecule has 1 aliphatic carbocycles. The Morgan fingerprint density at radius 3 is 2.60 bits per heavy atom. The molecule has 0 unspecified atom stereocenters. The molecule has 0 aromatic heterocycles. The van der Waals surface area contributed by atoms with Crippen molar-refractivity contribution in [1.29, 1.82) is 0 Å². The van der Waals surface area contributed by atoms with Crippen molar-refractivity contribution < 1.29 is 19.4 Å². The first-order valence-corrected chi connectivity index (χ1v) is 6.94. The summed E-state index contributed by atoms with van der Waals surface area (Å²) in [6, 6.07) is 3.45. The fourth-order valence-corrected chi connectivity index (χ4v) is 2.74. The number of hydrogen-bond donors (Lipinski definition) is 3. The summed E-state index contributed by atoms with van der Waals surface area (Å²) in [5, 5.41) is 21.4. The van der Waals surface area contributed by atoms with Gasteiger partial charge in [0.25, 0.3) is 5.91 Å². The van der Waals surface area contributed by atoms with E-state index in [0.29, 0.717) is 6.54 Å². The van der Waals surface area contributed by atoms with E-state index < -0.39 is 11.7 Å². The summed E-state index contributed by atoms with van der Waals surface area (Å²) in [6.45, 7) is 0.383. The molecule has 1 fully saturated rings. The Kier molecular flexibility index (Phi) is 4.60. The van der Waals surface area contributed by atoms with E-state index in [1.807, 2.05) is 0 Å². The number of aliphatic hydroxyl groups excluding tert-OH is 1. The molecule has 0 aliphatic heterocycles. The zero-order valence-electron chi connectivity index (χ0n) is 11.4. The summed E-state index contributed by atoms with van der Waals surface area (Å²) in [5.74, 6) is -1.47. The minimum Gasteiger partial charge on any atom is -0.508 e. The lowest BCUT2D eigenvalue weighted by molar-refractivity contribution is 0.0716. The lowest BCUT2D eigenvalue weighted by atomic mass is 9.74. The highest BCUT2D eigenvalue weighted by Gasteiger charge is 2.32. The lowest BCUT2D eigenvalue weighted by Gasteiger charge is -2.35. The number of aliphatic hydroxyl groups is 1. The van der Waals surface area contributed by atoms with Gasteiger partial charge in [-0.25, -0.2) is 4.39 Å². The van der Waals surface area contributed by atoms with Crippen LogP contribution in [0.1, 0.15) is 42.5 Å². The van der Waals surface area contributed by atoms with Gasteiger partial charge in [-0.3, -0.25) is 4.79 Å². The van der Waals surface area contributed by atoms with Crippen LogP contribution in [0.5, 0.6) is 5.75 Å². The zero-order chi connectivity index (χ0) is 14.6. The van der Waals surface area contributed by atoms with E-state index in [0.717, 1.165) is 38.2 Å². The van der Waals surface area contributed by atoms with Gasteiger partial charge in [-0.1, -0.05) is 19.3 Å². The van der Waals surface area contributed by atoms with Crippen molar-refractivity contribution in [2.75, 3.05) is 13.2 Å². The van der Waals surface area contributed by atoms with Crippen molar-refractivity contribution in [1.82, 2.24) is 5.32 Å². The van der Waals surface area contributed by atoms with Crippen molar-refractivity contribution in [3.63, 3.8) is 0 Å². The minimum absolute atomic E-state index is 0.0331. The molecule has 20 heavy (non-hydrogen) atoms. The maximum Gasteiger partial charge on any atom is 0.254 e. The molecule has 5 heteroatoms. The summed E-state index contributed by atoms with van der Waals surface area (Å²) in [5.41, 5.74) is -0.368. The molecule has 0 spiro atoms. The third-order valence-corrected chi connectivity index (χ3v) is 4.07. The molecule has 0 atom stereocenters. The van der Waals surface area contributed by atoms with Crippen LogP contribution in [-0.4, -0.2) is 29.3 Å². The molecule has 1 amide bonds. The fourth-order valence-electron chi connectivity index (χ4n) is 2.74. The second kappa shape index (κ2) is 6.22. The van der Waals surface area contributed by atoms with E-state index >= 15 is 0 Å². The highest BCUT2D eigenvalue weighted by Crippen LogP contribution is 2.35. The standard InChI is InChI=1S/C15H20FNO3/c16-13-8-11(19)4-5-12(13)14(20)17-9-15(10-18)6-2-1-3-7-15/h4-5,8,18-19H,1-3,6-7,9-10H2,(H,17,20). The summed E-state index contributed by atoms with van der Waals surface area (Å²) in [7, 11) is 0. The molecule has 1 aromatic carbocycles. The molecule has 1 saturated carbocycles. The molecular weight excluding hydrogens is 261 g/mol. The first-order chi connectivity index (χ1) is 9.56. The zero-order valence-corrected chi connectivity index (χ0v) is 11.4. The third kappa shape index (κ3) is 3.28. The van der Waals surface area contributed by atoms with E-state index in [4.69, 9.17) is 5.11 Å². The van der Waals surface area contributed by atoms with E-state index in [1.54, 1.807) is 0 Å². The van der Waals surface area contributed by atoms with E-state index in [9.17, 15) is 14.3 Å². The van der Waals surface area contributed by atoms with Gasteiger partial charge in [-0.2, -0.15) is 0 Å². The Morgan fingerprint density at radius 2 is 2.00 bits per heavy atom. The van der Waals surface area contributed by atoms with Gasteiger partial charge in [0.05, 0.1) is 12.2 Å². The van der Waals surface area contributed by atoms with Crippen molar-refractivity contribution in [3.05, 3.63) is 29.6 Å². The Balaban J connectivity index is 2.00. The third-order valence-electron chi connectivity index (χ3n) is 4.07. The van der Waals surface area contributed by atoms with Crippen LogP contribution in [-0.2, 0) is 0 Å². The van der Waals surface area contributed by atoms with Gasteiger partial charge in [0, 0.05) is 18.0 Å². The maximum atomic E-state index is 13.6. The van der Waals surface area contributed by atoms with E-state index in [-0.39, 0.29) is 23.3 Å². The molecule has 1 aromatic rings. The number of halogens is 1. The number of benzene rings is 1. The molecule has 1 aliphatic rings. The number of carbonyl (C=O) groups is 1. The molecule has 3 N–H and O–H groups in total. The van der Waals surface area contributed by atoms with Crippen LogP contribution in [0.3, 0.4) is 0 Å². The van der Waals surface area contributed by atoms with Gasteiger partial charge in [-0.05, 0) is 25.0 Å². The molecule has 0 saturated heterocycles. The maximum absolute atomic E-state index is 13.6. The summed E-state index contributed by atoms with van der Waals surface area (Å²) in [4.78, 5) is 12.0. The molecule has 0 bridgehead atoms. The normalized spacial score (nSPS) is 17.7. The molecule has 4 nitrogen and oxygen atoms in total. The van der Waals surface area contributed by atoms with E-state index in [1.165, 1.54) is 12.1 Å². The van der Waals surface area contributed by atoms with Crippen LogP contribution < -0.4 is 5.32 Å². The van der Waals surface area contributed by atoms with Gasteiger partial charge in [0.15, 0.2) is 0 Å².